The van der Waals surface area contributed by atoms with Crippen LogP contribution >= 0.6 is 0 Å². The highest BCUT2D eigenvalue weighted by molar-refractivity contribution is 5.89. The number of benzene rings is 2. The van der Waals surface area contributed by atoms with Crippen molar-refractivity contribution in [2.24, 2.45) is 0 Å². The first kappa shape index (κ1) is 34.5. The standard InChI is InChI=1S/C40H51N9O2/c1-7-46(6)25-28-15-17-29(18-16-28)49-37(24-35(45-49)40(3,4)5)42-38(50)41-33-20-21-34(32-14-9-8-13-31(32)33)51-30-19-22-36-43-44-39(48(36)26-30)47-23-11-10-12-27(47)2/h8-9,13-19,22,24,26-27,33-34H,7,10-12,20-21,23,25H2,1-6H3,(H2,41,42,50)/t27-,33-,34+/m0/s1. The second-order valence-corrected chi connectivity index (χ2v) is 15.2. The SMILES string of the molecule is CCN(C)Cc1ccc(-n2nc(C(C)(C)C)cc2NC(=O)N[C@H]2CC[C@@H](Oc3ccc4nnc(N5CCCC[C@@H]5C)n4c3)c3ccccc32)cc1. The van der Waals surface area contributed by atoms with Crippen molar-refractivity contribution >= 4 is 23.4 Å². The minimum Gasteiger partial charge on any atom is -0.484 e. The zero-order valence-electron chi connectivity index (χ0n) is 30.8. The third-order valence-electron chi connectivity index (χ3n) is 10.3. The van der Waals surface area contributed by atoms with Gasteiger partial charge in [-0.1, -0.05) is 64.1 Å². The molecular formula is C40H51N9O2. The number of urea groups is 1. The fourth-order valence-corrected chi connectivity index (χ4v) is 7.22. The summed E-state index contributed by atoms with van der Waals surface area (Å²) in [5, 5.41) is 20.3. The number of piperidine rings is 1. The highest BCUT2D eigenvalue weighted by atomic mass is 16.5. The second kappa shape index (κ2) is 14.4. The number of ether oxygens (including phenoxy) is 1. The number of hydrogen-bond donors (Lipinski definition) is 2. The smallest absolute Gasteiger partial charge is 0.320 e. The number of fused-ring (bicyclic) bond motifs is 2. The number of pyridine rings is 1. The van der Waals surface area contributed by atoms with E-state index in [9.17, 15) is 4.79 Å². The molecule has 2 N–H and O–H groups in total. The predicted octanol–water partition coefficient (Wildman–Crippen LogP) is 7.82. The van der Waals surface area contributed by atoms with Crippen LogP contribution in [0.5, 0.6) is 5.75 Å². The molecule has 1 aliphatic heterocycles. The number of carbonyl (C=O) groups is 1. The summed E-state index contributed by atoms with van der Waals surface area (Å²) in [5.41, 5.74) is 5.79. The Bertz CT molecular complexity index is 1980. The van der Waals surface area contributed by atoms with Gasteiger partial charge in [0, 0.05) is 30.6 Å². The van der Waals surface area contributed by atoms with E-state index in [0.29, 0.717) is 11.9 Å². The number of rotatable bonds is 9. The first-order valence-corrected chi connectivity index (χ1v) is 18.4. The van der Waals surface area contributed by atoms with Gasteiger partial charge in [-0.2, -0.15) is 5.10 Å². The van der Waals surface area contributed by atoms with E-state index in [1.165, 1.54) is 12.0 Å². The van der Waals surface area contributed by atoms with E-state index in [4.69, 9.17) is 9.84 Å². The number of hydrogen-bond acceptors (Lipinski definition) is 7. The van der Waals surface area contributed by atoms with Gasteiger partial charge in [-0.3, -0.25) is 9.72 Å². The van der Waals surface area contributed by atoms with Gasteiger partial charge >= 0.3 is 6.03 Å². The van der Waals surface area contributed by atoms with Gasteiger partial charge < -0.3 is 19.9 Å². The van der Waals surface area contributed by atoms with E-state index >= 15 is 0 Å². The lowest BCUT2D eigenvalue weighted by molar-refractivity contribution is 0.171. The molecule has 3 aromatic heterocycles. The van der Waals surface area contributed by atoms with Crippen molar-refractivity contribution in [3.8, 4) is 11.4 Å². The number of nitrogens with one attached hydrogen (secondary N) is 2. The molecule has 0 spiro atoms. The molecule has 4 heterocycles. The summed E-state index contributed by atoms with van der Waals surface area (Å²) in [6.07, 6.45) is 6.92. The van der Waals surface area contributed by atoms with Crippen LogP contribution in [0.15, 0.2) is 72.9 Å². The van der Waals surface area contributed by atoms with Gasteiger partial charge in [-0.05, 0) is 93.6 Å². The quantitative estimate of drug-likeness (QED) is 0.163. The Balaban J connectivity index is 1.07. The molecule has 0 bridgehead atoms. The molecule has 1 saturated heterocycles. The van der Waals surface area contributed by atoms with Crippen molar-refractivity contribution in [2.75, 3.05) is 30.4 Å². The zero-order chi connectivity index (χ0) is 35.7. The van der Waals surface area contributed by atoms with E-state index in [0.717, 1.165) is 85.2 Å². The fourth-order valence-electron chi connectivity index (χ4n) is 7.22. The first-order valence-electron chi connectivity index (χ1n) is 18.4. The summed E-state index contributed by atoms with van der Waals surface area (Å²) >= 11 is 0. The molecule has 2 amide bonds. The van der Waals surface area contributed by atoms with Crippen LogP contribution in [0, 0.1) is 0 Å². The Labute approximate surface area is 301 Å². The number of nitrogens with zero attached hydrogens (tertiary/aromatic N) is 7. The van der Waals surface area contributed by atoms with Gasteiger partial charge in [-0.25, -0.2) is 9.48 Å². The van der Waals surface area contributed by atoms with Gasteiger partial charge in [0.25, 0.3) is 0 Å². The third kappa shape index (κ3) is 7.44. The minimum absolute atomic E-state index is 0.149. The normalized spacial score (nSPS) is 19.3. The summed E-state index contributed by atoms with van der Waals surface area (Å²) in [6, 6.07) is 22.5. The fraction of sp³-hybridized carbons (Fsp3) is 0.450. The average molecular weight is 690 g/mol. The molecule has 11 heteroatoms. The molecule has 1 fully saturated rings. The van der Waals surface area contributed by atoms with Crippen molar-refractivity contribution < 1.29 is 9.53 Å². The number of amides is 2. The minimum atomic E-state index is -0.269. The van der Waals surface area contributed by atoms with E-state index in [1.807, 2.05) is 41.2 Å². The number of aromatic nitrogens is 5. The molecule has 5 aromatic rings. The van der Waals surface area contributed by atoms with Crippen LogP contribution < -0.4 is 20.3 Å². The number of anilines is 2. The molecule has 11 nitrogen and oxygen atoms in total. The van der Waals surface area contributed by atoms with E-state index in [1.54, 1.807) is 0 Å². The van der Waals surface area contributed by atoms with Gasteiger partial charge in [-0.15, -0.1) is 10.2 Å². The summed E-state index contributed by atoms with van der Waals surface area (Å²) in [7, 11) is 2.11. The average Bonchev–Trinajstić information content (AvgIpc) is 3.74. The van der Waals surface area contributed by atoms with Gasteiger partial charge in [0.15, 0.2) is 5.65 Å². The summed E-state index contributed by atoms with van der Waals surface area (Å²) in [6.45, 7) is 13.6. The topological polar surface area (TPSA) is 105 Å². The van der Waals surface area contributed by atoms with Crippen molar-refractivity contribution in [1.82, 2.24) is 34.6 Å². The molecule has 7 rings (SSSR count). The van der Waals surface area contributed by atoms with Gasteiger partial charge in [0.2, 0.25) is 5.95 Å². The van der Waals surface area contributed by atoms with Crippen molar-refractivity contribution in [2.45, 2.75) is 96.9 Å². The molecule has 1 aliphatic carbocycles. The van der Waals surface area contributed by atoms with Crippen LogP contribution in [-0.2, 0) is 12.0 Å². The molecule has 0 saturated carbocycles. The van der Waals surface area contributed by atoms with Crippen LogP contribution in [0.3, 0.4) is 0 Å². The first-order chi connectivity index (χ1) is 24.6. The van der Waals surface area contributed by atoms with Crippen LogP contribution in [0.25, 0.3) is 11.3 Å². The Kier molecular flexibility index (Phi) is 9.74. The largest absolute Gasteiger partial charge is 0.484 e. The Morgan fingerprint density at radius 3 is 2.51 bits per heavy atom. The van der Waals surface area contributed by atoms with Crippen molar-refractivity contribution in [1.29, 1.82) is 0 Å². The van der Waals surface area contributed by atoms with Gasteiger partial charge in [0.05, 0.1) is 23.6 Å². The molecule has 51 heavy (non-hydrogen) atoms. The maximum Gasteiger partial charge on any atom is 0.320 e. The predicted molar refractivity (Wildman–Crippen MR) is 202 cm³/mol. The molecular weight excluding hydrogens is 639 g/mol. The summed E-state index contributed by atoms with van der Waals surface area (Å²) in [4.78, 5) is 18.3. The summed E-state index contributed by atoms with van der Waals surface area (Å²) < 4.78 is 10.6. The molecule has 3 atom stereocenters. The maximum absolute atomic E-state index is 13.7. The Morgan fingerprint density at radius 2 is 1.76 bits per heavy atom. The van der Waals surface area contributed by atoms with Crippen LogP contribution in [0.2, 0.25) is 0 Å². The number of carbonyl (C=O) groups excluding carboxylic acids is 1. The summed E-state index contributed by atoms with van der Waals surface area (Å²) in [5.74, 6) is 2.27. The van der Waals surface area contributed by atoms with Crippen molar-refractivity contribution in [3.63, 3.8) is 0 Å². The van der Waals surface area contributed by atoms with E-state index < -0.39 is 0 Å². The second-order valence-electron chi connectivity index (χ2n) is 15.2. The molecule has 2 aromatic carbocycles. The van der Waals surface area contributed by atoms with E-state index in [-0.39, 0.29) is 23.6 Å². The van der Waals surface area contributed by atoms with Crippen LogP contribution in [0.1, 0.15) is 101 Å². The lowest BCUT2D eigenvalue weighted by Gasteiger charge is -2.33. The lowest BCUT2D eigenvalue weighted by atomic mass is 9.85. The molecule has 0 unspecified atom stereocenters. The third-order valence-corrected chi connectivity index (χ3v) is 10.3. The van der Waals surface area contributed by atoms with Crippen LogP contribution in [-0.4, -0.2) is 61.5 Å². The van der Waals surface area contributed by atoms with Crippen molar-refractivity contribution in [3.05, 3.63) is 95.3 Å². The molecule has 268 valence electrons. The van der Waals surface area contributed by atoms with Gasteiger partial charge in [0.1, 0.15) is 17.7 Å². The van der Waals surface area contributed by atoms with Crippen LogP contribution in [0.4, 0.5) is 16.6 Å². The van der Waals surface area contributed by atoms with E-state index in [2.05, 4.69) is 113 Å². The molecule has 0 radical (unpaired) electrons. The Morgan fingerprint density at radius 1 is 0.980 bits per heavy atom. The molecule has 2 aliphatic rings. The monoisotopic (exact) mass is 689 g/mol. The highest BCUT2D eigenvalue weighted by Gasteiger charge is 2.31. The zero-order valence-corrected chi connectivity index (χ0v) is 30.8. The maximum atomic E-state index is 13.7. The highest BCUT2D eigenvalue weighted by Crippen LogP contribution is 2.39. The lowest BCUT2D eigenvalue weighted by Crippen LogP contribution is -2.38. The Hall–Kier alpha value is -4.90.